The van der Waals surface area contributed by atoms with Gasteiger partial charge in [-0.05, 0) is 42.0 Å². The summed E-state index contributed by atoms with van der Waals surface area (Å²) in [6.45, 7) is 0. The molecule has 3 rings (SSSR count). The van der Waals surface area contributed by atoms with Crippen molar-refractivity contribution in [1.82, 2.24) is 0 Å². The third-order valence-electron chi connectivity index (χ3n) is 2.80. The number of carbonyl (C=O) groups is 1. The standard InChI is InChI=1S/C15H8Cl2O2/c16-10-3-1-9(2-4-10)7-14-15(18)12-8-11(17)5-6-13(12)19-14/h1-8H/b14-7-. The van der Waals surface area contributed by atoms with Crippen LogP contribution in [0, 0.1) is 0 Å². The zero-order valence-corrected chi connectivity index (χ0v) is 11.2. The molecule has 0 fully saturated rings. The van der Waals surface area contributed by atoms with Crippen LogP contribution in [0.2, 0.25) is 10.0 Å². The quantitative estimate of drug-likeness (QED) is 0.717. The van der Waals surface area contributed by atoms with Gasteiger partial charge in [0.05, 0.1) is 5.56 Å². The van der Waals surface area contributed by atoms with Crippen LogP contribution < -0.4 is 4.74 Å². The van der Waals surface area contributed by atoms with Crippen molar-refractivity contribution >= 4 is 35.1 Å². The van der Waals surface area contributed by atoms with Gasteiger partial charge in [0.25, 0.3) is 0 Å². The highest BCUT2D eigenvalue weighted by Crippen LogP contribution is 2.33. The summed E-state index contributed by atoms with van der Waals surface area (Å²) in [6, 6.07) is 12.2. The molecular weight excluding hydrogens is 283 g/mol. The normalized spacial score (nSPS) is 15.5. The number of fused-ring (bicyclic) bond motifs is 1. The topological polar surface area (TPSA) is 26.3 Å². The highest BCUT2D eigenvalue weighted by Gasteiger charge is 2.27. The molecule has 0 unspecified atom stereocenters. The predicted octanol–water partition coefficient (Wildman–Crippen LogP) is 4.61. The molecule has 0 bridgehead atoms. The smallest absolute Gasteiger partial charge is 0.232 e. The molecule has 0 atom stereocenters. The van der Waals surface area contributed by atoms with Gasteiger partial charge in [-0.1, -0.05) is 35.3 Å². The summed E-state index contributed by atoms with van der Waals surface area (Å²) in [5.74, 6) is 0.668. The van der Waals surface area contributed by atoms with Crippen LogP contribution in [0.4, 0.5) is 0 Å². The summed E-state index contributed by atoms with van der Waals surface area (Å²) in [7, 11) is 0. The number of rotatable bonds is 1. The van der Waals surface area contributed by atoms with Gasteiger partial charge in [0.2, 0.25) is 5.78 Å². The molecule has 19 heavy (non-hydrogen) atoms. The largest absolute Gasteiger partial charge is 0.452 e. The van der Waals surface area contributed by atoms with E-state index in [0.717, 1.165) is 5.56 Å². The number of ether oxygens (including phenoxy) is 1. The summed E-state index contributed by atoms with van der Waals surface area (Å²) in [6.07, 6.45) is 1.69. The molecule has 1 heterocycles. The summed E-state index contributed by atoms with van der Waals surface area (Å²) >= 11 is 11.7. The van der Waals surface area contributed by atoms with E-state index >= 15 is 0 Å². The first-order valence-corrected chi connectivity index (χ1v) is 6.38. The van der Waals surface area contributed by atoms with Crippen molar-refractivity contribution in [2.75, 3.05) is 0 Å². The summed E-state index contributed by atoms with van der Waals surface area (Å²) in [5.41, 5.74) is 1.35. The Morgan fingerprint density at radius 2 is 1.63 bits per heavy atom. The van der Waals surface area contributed by atoms with E-state index < -0.39 is 0 Å². The van der Waals surface area contributed by atoms with Crippen LogP contribution in [0.3, 0.4) is 0 Å². The first kappa shape index (κ1) is 12.3. The van der Waals surface area contributed by atoms with Crippen molar-refractivity contribution in [2.45, 2.75) is 0 Å². The Balaban J connectivity index is 1.97. The van der Waals surface area contributed by atoms with Gasteiger partial charge in [0.15, 0.2) is 5.76 Å². The molecule has 0 spiro atoms. The maximum Gasteiger partial charge on any atom is 0.232 e. The fourth-order valence-electron chi connectivity index (χ4n) is 1.87. The van der Waals surface area contributed by atoms with Crippen molar-refractivity contribution in [3.63, 3.8) is 0 Å². The lowest BCUT2D eigenvalue weighted by Gasteiger charge is -1.98. The number of halogens is 2. The Morgan fingerprint density at radius 3 is 2.37 bits per heavy atom. The van der Waals surface area contributed by atoms with Gasteiger partial charge in [-0.25, -0.2) is 0 Å². The van der Waals surface area contributed by atoms with E-state index in [2.05, 4.69) is 0 Å². The van der Waals surface area contributed by atoms with Crippen LogP contribution in [0.25, 0.3) is 6.08 Å². The summed E-state index contributed by atoms with van der Waals surface area (Å²) < 4.78 is 5.53. The molecule has 0 aliphatic carbocycles. The molecule has 1 aliphatic heterocycles. The molecule has 2 aromatic rings. The number of hydrogen-bond acceptors (Lipinski definition) is 2. The van der Waals surface area contributed by atoms with Crippen molar-refractivity contribution in [3.05, 3.63) is 69.4 Å². The molecule has 0 amide bonds. The maximum absolute atomic E-state index is 12.1. The van der Waals surface area contributed by atoms with E-state index in [1.54, 1.807) is 36.4 Å². The van der Waals surface area contributed by atoms with Gasteiger partial charge in [-0.2, -0.15) is 0 Å². The van der Waals surface area contributed by atoms with Crippen molar-refractivity contribution < 1.29 is 9.53 Å². The van der Waals surface area contributed by atoms with Crippen LogP contribution in [0.1, 0.15) is 15.9 Å². The Morgan fingerprint density at radius 1 is 0.947 bits per heavy atom. The van der Waals surface area contributed by atoms with Crippen LogP contribution in [0.5, 0.6) is 5.75 Å². The second-order valence-electron chi connectivity index (χ2n) is 4.13. The van der Waals surface area contributed by atoms with E-state index in [1.165, 1.54) is 0 Å². The maximum atomic E-state index is 12.1. The Labute approximate surface area is 120 Å². The van der Waals surface area contributed by atoms with Gasteiger partial charge in [0.1, 0.15) is 5.75 Å². The Hall–Kier alpha value is -1.77. The Kier molecular flexibility index (Phi) is 3.05. The van der Waals surface area contributed by atoms with E-state index in [1.807, 2.05) is 12.1 Å². The third kappa shape index (κ3) is 2.37. The average molecular weight is 291 g/mol. The first-order valence-electron chi connectivity index (χ1n) is 5.63. The molecule has 1 aliphatic rings. The lowest BCUT2D eigenvalue weighted by Crippen LogP contribution is -1.97. The van der Waals surface area contributed by atoms with E-state index in [-0.39, 0.29) is 5.78 Å². The fraction of sp³-hybridized carbons (Fsp3) is 0. The lowest BCUT2D eigenvalue weighted by atomic mass is 10.1. The van der Waals surface area contributed by atoms with Gasteiger partial charge in [0, 0.05) is 10.0 Å². The highest BCUT2D eigenvalue weighted by atomic mass is 35.5. The van der Waals surface area contributed by atoms with Gasteiger partial charge < -0.3 is 4.74 Å². The second-order valence-corrected chi connectivity index (χ2v) is 5.00. The SMILES string of the molecule is O=C1/C(=C/c2ccc(Cl)cc2)Oc2ccc(Cl)cc21. The van der Waals surface area contributed by atoms with Crippen LogP contribution in [-0.4, -0.2) is 5.78 Å². The number of hydrogen-bond donors (Lipinski definition) is 0. The average Bonchev–Trinajstić information content (AvgIpc) is 2.70. The first-order chi connectivity index (χ1) is 9.13. The molecule has 4 heteroatoms. The van der Waals surface area contributed by atoms with Crippen LogP contribution in [0.15, 0.2) is 48.2 Å². The van der Waals surface area contributed by atoms with E-state index in [0.29, 0.717) is 27.1 Å². The second kappa shape index (κ2) is 4.72. The molecule has 0 saturated carbocycles. The molecule has 94 valence electrons. The number of carbonyl (C=O) groups excluding carboxylic acids is 1. The van der Waals surface area contributed by atoms with Crippen molar-refractivity contribution in [3.8, 4) is 5.75 Å². The summed E-state index contributed by atoms with van der Waals surface area (Å²) in [4.78, 5) is 12.1. The minimum Gasteiger partial charge on any atom is -0.452 e. The zero-order valence-electron chi connectivity index (χ0n) is 9.69. The number of benzene rings is 2. The van der Waals surface area contributed by atoms with Gasteiger partial charge in [-0.3, -0.25) is 4.79 Å². The van der Waals surface area contributed by atoms with E-state index in [4.69, 9.17) is 27.9 Å². The highest BCUT2D eigenvalue weighted by molar-refractivity contribution is 6.31. The third-order valence-corrected chi connectivity index (χ3v) is 3.28. The van der Waals surface area contributed by atoms with Crippen LogP contribution in [-0.2, 0) is 0 Å². The van der Waals surface area contributed by atoms with Crippen molar-refractivity contribution in [1.29, 1.82) is 0 Å². The molecule has 0 N–H and O–H groups in total. The van der Waals surface area contributed by atoms with Gasteiger partial charge in [-0.15, -0.1) is 0 Å². The summed E-state index contributed by atoms with van der Waals surface area (Å²) in [5, 5.41) is 1.17. The number of ketones is 1. The van der Waals surface area contributed by atoms with E-state index in [9.17, 15) is 4.79 Å². The molecule has 0 aromatic heterocycles. The zero-order chi connectivity index (χ0) is 13.4. The minimum absolute atomic E-state index is 0.160. The molecule has 0 radical (unpaired) electrons. The molecular formula is C15H8Cl2O2. The van der Waals surface area contributed by atoms with Crippen molar-refractivity contribution in [2.24, 2.45) is 0 Å². The molecule has 2 aromatic carbocycles. The van der Waals surface area contributed by atoms with Gasteiger partial charge >= 0.3 is 0 Å². The fourth-order valence-corrected chi connectivity index (χ4v) is 2.17. The predicted molar refractivity (Wildman–Crippen MR) is 75.8 cm³/mol. The minimum atomic E-state index is -0.160. The Bertz CT molecular complexity index is 688. The molecule has 2 nitrogen and oxygen atoms in total. The number of Topliss-reactive ketones (excluding diaryl/α,β-unsaturated/α-hetero) is 1. The monoisotopic (exact) mass is 290 g/mol. The lowest BCUT2D eigenvalue weighted by molar-refractivity contribution is 0.101. The van der Waals surface area contributed by atoms with Crippen LogP contribution >= 0.6 is 23.2 Å². The number of allylic oxidation sites excluding steroid dienone is 1. The molecule has 0 saturated heterocycles.